The summed E-state index contributed by atoms with van der Waals surface area (Å²) in [7, 11) is 0. The molecule has 3 heteroatoms. The van der Waals surface area contributed by atoms with Crippen molar-refractivity contribution in [3.8, 4) is 0 Å². The lowest BCUT2D eigenvalue weighted by Gasteiger charge is -2.21. The average Bonchev–Trinajstić information content (AvgIpc) is 2.45. The normalized spacial score (nSPS) is 10.2. The highest BCUT2D eigenvalue weighted by Crippen LogP contribution is 2.07. The molecule has 0 heterocycles. The first kappa shape index (κ1) is 15.4. The second-order valence-corrected chi connectivity index (χ2v) is 4.67. The standard InChI is InChI=1S/C16H23NO2/c1-3-12-17(13-4-2)16(19)11-10-15(18)14-8-6-5-7-9-14/h5-9H,3-4,10-13H2,1-2H3. The Kier molecular flexibility index (Phi) is 6.86. The van der Waals surface area contributed by atoms with Gasteiger partial charge < -0.3 is 4.90 Å². The minimum atomic E-state index is 0.0434. The zero-order valence-corrected chi connectivity index (χ0v) is 11.9. The van der Waals surface area contributed by atoms with Gasteiger partial charge >= 0.3 is 0 Å². The van der Waals surface area contributed by atoms with Gasteiger partial charge in [0.15, 0.2) is 5.78 Å². The first-order chi connectivity index (χ1) is 9.19. The molecule has 0 unspecified atom stereocenters. The van der Waals surface area contributed by atoms with E-state index in [0.717, 1.165) is 25.9 Å². The van der Waals surface area contributed by atoms with Crippen LogP contribution < -0.4 is 0 Å². The van der Waals surface area contributed by atoms with E-state index in [1.807, 2.05) is 23.1 Å². The SMILES string of the molecule is CCCN(CCC)C(=O)CCC(=O)c1ccccc1. The van der Waals surface area contributed by atoms with Gasteiger partial charge in [-0.1, -0.05) is 44.2 Å². The smallest absolute Gasteiger partial charge is 0.223 e. The Bertz CT molecular complexity index is 394. The topological polar surface area (TPSA) is 37.4 Å². The summed E-state index contributed by atoms with van der Waals surface area (Å²) in [4.78, 5) is 25.8. The van der Waals surface area contributed by atoms with Crippen molar-refractivity contribution < 1.29 is 9.59 Å². The highest BCUT2D eigenvalue weighted by atomic mass is 16.2. The number of benzene rings is 1. The molecule has 1 rings (SSSR count). The fourth-order valence-electron chi connectivity index (χ4n) is 2.05. The van der Waals surface area contributed by atoms with Crippen LogP contribution in [0.2, 0.25) is 0 Å². The van der Waals surface area contributed by atoms with Crippen LogP contribution in [-0.4, -0.2) is 29.7 Å². The molecule has 1 aromatic rings. The van der Waals surface area contributed by atoms with Crippen molar-refractivity contribution in [3.63, 3.8) is 0 Å². The monoisotopic (exact) mass is 261 g/mol. The van der Waals surface area contributed by atoms with E-state index in [-0.39, 0.29) is 11.7 Å². The van der Waals surface area contributed by atoms with Gasteiger partial charge in [0, 0.05) is 31.5 Å². The zero-order chi connectivity index (χ0) is 14.1. The maximum atomic E-state index is 12.0. The van der Waals surface area contributed by atoms with Crippen molar-refractivity contribution in [2.24, 2.45) is 0 Å². The molecule has 0 aliphatic carbocycles. The van der Waals surface area contributed by atoms with Crippen LogP contribution >= 0.6 is 0 Å². The van der Waals surface area contributed by atoms with Gasteiger partial charge in [0.05, 0.1) is 0 Å². The highest BCUT2D eigenvalue weighted by molar-refractivity contribution is 5.97. The number of nitrogens with zero attached hydrogens (tertiary/aromatic N) is 1. The summed E-state index contributed by atoms with van der Waals surface area (Å²) in [5.74, 6) is 0.134. The van der Waals surface area contributed by atoms with Gasteiger partial charge in [0.1, 0.15) is 0 Å². The first-order valence-corrected chi connectivity index (χ1v) is 7.05. The Labute approximate surface area is 115 Å². The maximum Gasteiger partial charge on any atom is 0.223 e. The lowest BCUT2D eigenvalue weighted by molar-refractivity contribution is -0.131. The van der Waals surface area contributed by atoms with Crippen LogP contribution in [0.4, 0.5) is 0 Å². The van der Waals surface area contributed by atoms with Crippen LogP contribution in [0.15, 0.2) is 30.3 Å². The summed E-state index contributed by atoms with van der Waals surface area (Å²) in [6.45, 7) is 5.69. The molecular formula is C16H23NO2. The fourth-order valence-corrected chi connectivity index (χ4v) is 2.05. The number of hydrogen-bond donors (Lipinski definition) is 0. The first-order valence-electron chi connectivity index (χ1n) is 7.05. The van der Waals surface area contributed by atoms with Crippen molar-refractivity contribution in [2.45, 2.75) is 39.5 Å². The number of carbonyl (C=O) groups is 2. The predicted octanol–water partition coefficient (Wildman–Crippen LogP) is 3.30. The maximum absolute atomic E-state index is 12.0. The molecule has 0 aliphatic heterocycles. The Balaban J connectivity index is 2.46. The third-order valence-electron chi connectivity index (χ3n) is 3.00. The largest absolute Gasteiger partial charge is 0.343 e. The Morgan fingerprint density at radius 1 is 0.947 bits per heavy atom. The van der Waals surface area contributed by atoms with Gasteiger partial charge in [-0.3, -0.25) is 9.59 Å². The summed E-state index contributed by atoms with van der Waals surface area (Å²) in [6.07, 6.45) is 2.53. The summed E-state index contributed by atoms with van der Waals surface area (Å²) in [6, 6.07) is 9.16. The number of Topliss-reactive ketones (excluding diaryl/α,β-unsaturated/α-hetero) is 1. The van der Waals surface area contributed by atoms with Crippen LogP contribution in [0.3, 0.4) is 0 Å². The summed E-state index contributed by atoms with van der Waals surface area (Å²) in [5, 5.41) is 0. The van der Waals surface area contributed by atoms with Crippen LogP contribution in [-0.2, 0) is 4.79 Å². The predicted molar refractivity (Wildman–Crippen MR) is 77.2 cm³/mol. The van der Waals surface area contributed by atoms with Gasteiger partial charge in [-0.2, -0.15) is 0 Å². The van der Waals surface area contributed by atoms with Gasteiger partial charge in [-0.25, -0.2) is 0 Å². The van der Waals surface area contributed by atoms with Crippen molar-refractivity contribution >= 4 is 11.7 Å². The molecule has 0 bridgehead atoms. The minimum absolute atomic E-state index is 0.0434. The van der Waals surface area contributed by atoms with Crippen molar-refractivity contribution in [1.29, 1.82) is 0 Å². The van der Waals surface area contributed by atoms with E-state index >= 15 is 0 Å². The molecule has 0 radical (unpaired) electrons. The van der Waals surface area contributed by atoms with E-state index < -0.39 is 0 Å². The average molecular weight is 261 g/mol. The zero-order valence-electron chi connectivity index (χ0n) is 11.9. The van der Waals surface area contributed by atoms with Crippen molar-refractivity contribution in [2.75, 3.05) is 13.1 Å². The number of amides is 1. The van der Waals surface area contributed by atoms with E-state index in [4.69, 9.17) is 0 Å². The fraction of sp³-hybridized carbons (Fsp3) is 0.500. The highest BCUT2D eigenvalue weighted by Gasteiger charge is 2.14. The number of carbonyl (C=O) groups excluding carboxylic acids is 2. The molecule has 0 fully saturated rings. The molecule has 3 nitrogen and oxygen atoms in total. The van der Waals surface area contributed by atoms with Gasteiger partial charge in [-0.05, 0) is 12.8 Å². The molecule has 1 aromatic carbocycles. The summed E-state index contributed by atoms with van der Waals surface area (Å²) in [5.41, 5.74) is 0.688. The summed E-state index contributed by atoms with van der Waals surface area (Å²) < 4.78 is 0. The number of rotatable bonds is 8. The van der Waals surface area contributed by atoms with E-state index in [1.165, 1.54) is 0 Å². The third-order valence-corrected chi connectivity index (χ3v) is 3.00. The van der Waals surface area contributed by atoms with E-state index in [2.05, 4.69) is 13.8 Å². The van der Waals surface area contributed by atoms with Crippen LogP contribution in [0.1, 0.15) is 49.9 Å². The Morgan fingerprint density at radius 3 is 2.05 bits per heavy atom. The third kappa shape index (κ3) is 5.25. The van der Waals surface area contributed by atoms with Crippen LogP contribution in [0.25, 0.3) is 0 Å². The molecule has 19 heavy (non-hydrogen) atoms. The number of ketones is 1. The molecular weight excluding hydrogens is 238 g/mol. The van der Waals surface area contributed by atoms with Crippen LogP contribution in [0, 0.1) is 0 Å². The second-order valence-electron chi connectivity index (χ2n) is 4.67. The second kappa shape index (κ2) is 8.46. The van der Waals surface area contributed by atoms with E-state index in [0.29, 0.717) is 18.4 Å². The van der Waals surface area contributed by atoms with Crippen LogP contribution in [0.5, 0.6) is 0 Å². The molecule has 104 valence electrons. The molecule has 0 atom stereocenters. The van der Waals surface area contributed by atoms with Crippen molar-refractivity contribution in [1.82, 2.24) is 4.90 Å². The van der Waals surface area contributed by atoms with Gasteiger partial charge in [0.25, 0.3) is 0 Å². The quantitative estimate of drug-likeness (QED) is 0.673. The molecule has 0 saturated heterocycles. The molecule has 0 aromatic heterocycles. The van der Waals surface area contributed by atoms with Gasteiger partial charge in [0.2, 0.25) is 5.91 Å². The molecule has 0 spiro atoms. The summed E-state index contributed by atoms with van der Waals surface area (Å²) >= 11 is 0. The lowest BCUT2D eigenvalue weighted by atomic mass is 10.1. The minimum Gasteiger partial charge on any atom is -0.343 e. The van der Waals surface area contributed by atoms with Crippen molar-refractivity contribution in [3.05, 3.63) is 35.9 Å². The lowest BCUT2D eigenvalue weighted by Crippen LogP contribution is -2.32. The molecule has 0 N–H and O–H groups in total. The Hall–Kier alpha value is -1.64. The Morgan fingerprint density at radius 2 is 1.53 bits per heavy atom. The van der Waals surface area contributed by atoms with E-state index in [9.17, 15) is 9.59 Å². The number of hydrogen-bond acceptors (Lipinski definition) is 2. The van der Waals surface area contributed by atoms with E-state index in [1.54, 1.807) is 12.1 Å². The molecule has 1 amide bonds. The van der Waals surface area contributed by atoms with Gasteiger partial charge in [-0.15, -0.1) is 0 Å². The molecule has 0 aliphatic rings. The molecule has 0 saturated carbocycles.